The van der Waals surface area contributed by atoms with Gasteiger partial charge in [-0.05, 0) is 18.6 Å². The van der Waals surface area contributed by atoms with Gasteiger partial charge >= 0.3 is 5.69 Å². The van der Waals surface area contributed by atoms with Crippen molar-refractivity contribution in [3.8, 4) is 11.5 Å². The lowest BCUT2D eigenvalue weighted by atomic mass is 10.1. The quantitative estimate of drug-likeness (QED) is 0.455. The van der Waals surface area contributed by atoms with Gasteiger partial charge in [0, 0.05) is 11.6 Å². The lowest BCUT2D eigenvalue weighted by Crippen LogP contribution is -2.19. The highest BCUT2D eigenvalue weighted by Gasteiger charge is 2.19. The fourth-order valence-electron chi connectivity index (χ4n) is 2.09. The number of phenols is 1. The highest BCUT2D eigenvalue weighted by Crippen LogP contribution is 2.36. The van der Waals surface area contributed by atoms with E-state index in [4.69, 9.17) is 4.74 Å². The van der Waals surface area contributed by atoms with Gasteiger partial charge in [0.1, 0.15) is 0 Å². The summed E-state index contributed by atoms with van der Waals surface area (Å²) in [4.78, 5) is 22.1. The van der Waals surface area contributed by atoms with E-state index < -0.39 is 16.4 Å². The van der Waals surface area contributed by atoms with Crippen LogP contribution < -0.4 is 10.2 Å². The minimum absolute atomic E-state index is 0.0197. The largest absolute Gasteiger partial charge is 0.500 e. The predicted octanol–water partition coefficient (Wildman–Crippen LogP) is 2.39. The van der Waals surface area contributed by atoms with Gasteiger partial charge in [-0.1, -0.05) is 30.3 Å². The monoisotopic (exact) mass is 343 g/mol. The molecule has 0 saturated heterocycles. The predicted molar refractivity (Wildman–Crippen MR) is 91.8 cm³/mol. The summed E-state index contributed by atoms with van der Waals surface area (Å²) in [5.74, 6) is -0.883. The highest BCUT2D eigenvalue weighted by molar-refractivity contribution is 5.85. The molecule has 0 unspecified atom stereocenters. The average molecular weight is 343 g/mol. The third-order valence-electron chi connectivity index (χ3n) is 3.18. The van der Waals surface area contributed by atoms with Crippen molar-refractivity contribution in [1.82, 2.24) is 5.43 Å². The first-order valence-electron chi connectivity index (χ1n) is 7.51. The number of carbonyl (C=O) groups excluding carboxylic acids is 1. The molecule has 1 amide bonds. The van der Waals surface area contributed by atoms with Crippen LogP contribution in [0.25, 0.3) is 0 Å². The summed E-state index contributed by atoms with van der Waals surface area (Å²) in [5, 5.41) is 24.6. The second kappa shape index (κ2) is 8.44. The molecule has 0 bridgehead atoms. The van der Waals surface area contributed by atoms with Crippen LogP contribution in [0.5, 0.6) is 11.5 Å². The van der Waals surface area contributed by atoms with Crippen molar-refractivity contribution in [3.05, 3.63) is 63.7 Å². The van der Waals surface area contributed by atoms with Crippen LogP contribution in [0.1, 0.15) is 18.1 Å². The Labute approximate surface area is 143 Å². The number of hydrogen-bond donors (Lipinski definition) is 2. The van der Waals surface area contributed by atoms with E-state index in [0.29, 0.717) is 5.56 Å². The number of nitrogens with one attached hydrogen (secondary N) is 1. The number of hydrazone groups is 1. The Kier molecular flexibility index (Phi) is 6.05. The smallest absolute Gasteiger partial charge is 0.315 e. The molecule has 0 aliphatic rings. The fourth-order valence-corrected chi connectivity index (χ4v) is 2.09. The molecule has 0 atom stereocenters. The summed E-state index contributed by atoms with van der Waals surface area (Å²) >= 11 is 0. The number of benzene rings is 2. The molecule has 0 aliphatic carbocycles. The van der Waals surface area contributed by atoms with Crippen LogP contribution in [0.3, 0.4) is 0 Å². The van der Waals surface area contributed by atoms with Gasteiger partial charge in [-0.3, -0.25) is 14.9 Å². The number of nitrogens with zero attached hydrogens (tertiary/aromatic N) is 2. The van der Waals surface area contributed by atoms with Gasteiger partial charge in [0.25, 0.3) is 0 Å². The van der Waals surface area contributed by atoms with Crippen molar-refractivity contribution < 1.29 is 19.6 Å². The lowest BCUT2D eigenvalue weighted by molar-refractivity contribution is -0.386. The minimum Gasteiger partial charge on any atom is -0.500 e. The molecule has 2 rings (SSSR count). The average Bonchev–Trinajstić information content (AvgIpc) is 2.58. The van der Waals surface area contributed by atoms with E-state index in [9.17, 15) is 20.0 Å². The molecule has 8 nitrogen and oxygen atoms in total. The maximum absolute atomic E-state index is 11.8. The summed E-state index contributed by atoms with van der Waals surface area (Å²) in [7, 11) is 0. The van der Waals surface area contributed by atoms with Crippen molar-refractivity contribution in [2.75, 3.05) is 6.61 Å². The molecular formula is C17H17N3O5. The molecule has 0 spiro atoms. The number of nitro groups is 1. The lowest BCUT2D eigenvalue weighted by Gasteiger charge is -2.07. The molecule has 0 aliphatic heterocycles. The number of rotatable bonds is 7. The first-order chi connectivity index (χ1) is 12.0. The van der Waals surface area contributed by atoms with E-state index in [0.717, 1.165) is 11.6 Å². The summed E-state index contributed by atoms with van der Waals surface area (Å²) in [5.41, 5.74) is 3.01. The van der Waals surface area contributed by atoms with Crippen molar-refractivity contribution in [2.24, 2.45) is 5.10 Å². The molecule has 25 heavy (non-hydrogen) atoms. The van der Waals surface area contributed by atoms with Crippen molar-refractivity contribution in [3.63, 3.8) is 0 Å². The maximum atomic E-state index is 11.8. The maximum Gasteiger partial charge on any atom is 0.315 e. The van der Waals surface area contributed by atoms with Gasteiger partial charge in [0.2, 0.25) is 11.7 Å². The van der Waals surface area contributed by atoms with Crippen LogP contribution in [0.15, 0.2) is 47.6 Å². The Morgan fingerprint density at radius 1 is 1.36 bits per heavy atom. The summed E-state index contributed by atoms with van der Waals surface area (Å²) < 4.78 is 5.17. The number of amides is 1. The number of hydrogen-bond acceptors (Lipinski definition) is 6. The van der Waals surface area contributed by atoms with Crippen LogP contribution in [0.4, 0.5) is 5.69 Å². The van der Waals surface area contributed by atoms with Crippen LogP contribution in [0, 0.1) is 10.1 Å². The molecule has 0 aromatic heterocycles. The van der Waals surface area contributed by atoms with Gasteiger partial charge in [-0.2, -0.15) is 5.10 Å². The second-order valence-corrected chi connectivity index (χ2v) is 5.03. The number of aromatic hydroxyl groups is 1. The van der Waals surface area contributed by atoms with Gasteiger partial charge < -0.3 is 9.84 Å². The molecule has 0 heterocycles. The first kappa shape index (κ1) is 17.9. The molecule has 0 radical (unpaired) electrons. The zero-order valence-corrected chi connectivity index (χ0v) is 13.5. The Hall–Kier alpha value is -3.42. The summed E-state index contributed by atoms with van der Waals surface area (Å²) in [6.07, 6.45) is 1.41. The van der Waals surface area contributed by atoms with Crippen LogP contribution in [-0.4, -0.2) is 28.8 Å². The Morgan fingerprint density at radius 2 is 2.08 bits per heavy atom. The van der Waals surface area contributed by atoms with Crippen molar-refractivity contribution in [1.29, 1.82) is 0 Å². The summed E-state index contributed by atoms with van der Waals surface area (Å²) in [6, 6.07) is 11.7. The minimum atomic E-state index is -0.719. The van der Waals surface area contributed by atoms with Crippen LogP contribution in [0.2, 0.25) is 0 Å². The van der Waals surface area contributed by atoms with E-state index in [-0.39, 0.29) is 24.7 Å². The molecule has 2 aromatic rings. The standard InChI is InChI=1S/C17H17N3O5/c1-2-25-15-9-13(8-14(17(15)22)20(23)24)11-18-19-16(21)10-12-6-4-3-5-7-12/h3-9,11,22H,2,10H2,1H3,(H,19,21). The number of phenolic OH excluding ortho intramolecular Hbond substituents is 1. The number of ether oxygens (including phenoxy) is 1. The first-order valence-corrected chi connectivity index (χ1v) is 7.51. The normalized spacial score (nSPS) is 10.6. The van der Waals surface area contributed by atoms with Crippen molar-refractivity contribution in [2.45, 2.75) is 13.3 Å². The molecule has 2 N–H and O–H groups in total. The molecule has 0 fully saturated rings. The van der Waals surface area contributed by atoms with E-state index >= 15 is 0 Å². The summed E-state index contributed by atoms with van der Waals surface area (Å²) in [6.45, 7) is 1.93. The van der Waals surface area contributed by atoms with Crippen molar-refractivity contribution >= 4 is 17.8 Å². The Bertz CT molecular complexity index is 790. The van der Waals surface area contributed by atoms with Crippen LogP contribution >= 0.6 is 0 Å². The zero-order chi connectivity index (χ0) is 18.2. The van der Waals surface area contributed by atoms with Gasteiger partial charge in [0.05, 0.1) is 24.2 Å². The van der Waals surface area contributed by atoms with E-state index in [1.807, 2.05) is 30.3 Å². The van der Waals surface area contributed by atoms with E-state index in [1.54, 1.807) is 6.92 Å². The Morgan fingerprint density at radius 3 is 2.72 bits per heavy atom. The van der Waals surface area contributed by atoms with Gasteiger partial charge in [-0.15, -0.1) is 0 Å². The Balaban J connectivity index is 2.09. The molecular weight excluding hydrogens is 326 g/mol. The number of nitro benzene ring substituents is 1. The topological polar surface area (TPSA) is 114 Å². The highest BCUT2D eigenvalue weighted by atomic mass is 16.6. The van der Waals surface area contributed by atoms with Gasteiger partial charge in [0.15, 0.2) is 5.75 Å². The molecule has 8 heteroatoms. The third kappa shape index (κ3) is 5.03. The zero-order valence-electron chi connectivity index (χ0n) is 13.5. The van der Waals surface area contributed by atoms with E-state index in [2.05, 4.69) is 10.5 Å². The molecule has 0 saturated carbocycles. The fraction of sp³-hybridized carbons (Fsp3) is 0.176. The van der Waals surface area contributed by atoms with Crippen LogP contribution in [-0.2, 0) is 11.2 Å². The number of carbonyl (C=O) groups is 1. The molecule has 2 aromatic carbocycles. The second-order valence-electron chi connectivity index (χ2n) is 5.03. The molecule has 130 valence electrons. The third-order valence-corrected chi connectivity index (χ3v) is 3.18. The van der Waals surface area contributed by atoms with Gasteiger partial charge in [-0.25, -0.2) is 5.43 Å². The SMILES string of the molecule is CCOc1cc(C=NNC(=O)Cc2ccccc2)cc([N+](=O)[O-])c1O. The van der Waals surface area contributed by atoms with E-state index in [1.165, 1.54) is 12.3 Å².